The molecule has 3 aromatic carbocycles. The Balaban J connectivity index is 0.000000357. The van der Waals surface area contributed by atoms with Crippen LogP contribution in [-0.4, -0.2) is 10.8 Å². The molecular formula is C21H18F4N6O2. The first-order valence-corrected chi connectivity index (χ1v) is 9.19. The Labute approximate surface area is 185 Å². The van der Waals surface area contributed by atoms with Crippen molar-refractivity contribution in [1.29, 1.82) is 10.9 Å². The number of hydrogen-bond acceptors (Lipinski definition) is 6. The molecule has 0 spiro atoms. The summed E-state index contributed by atoms with van der Waals surface area (Å²) >= 11 is 0. The Morgan fingerprint density at radius 1 is 1.09 bits per heavy atom. The smallest absolute Gasteiger partial charge is 0.355 e. The summed E-state index contributed by atoms with van der Waals surface area (Å²) in [6, 6.07) is 14.2. The van der Waals surface area contributed by atoms with Gasteiger partial charge in [0.1, 0.15) is 5.82 Å². The lowest BCUT2D eigenvalue weighted by atomic mass is 10.1. The Kier molecular flexibility index (Phi) is 8.29. The van der Waals surface area contributed by atoms with E-state index in [-0.39, 0.29) is 35.0 Å². The molecule has 0 radical (unpaired) electrons. The van der Waals surface area contributed by atoms with Gasteiger partial charge in [0.25, 0.3) is 5.69 Å². The summed E-state index contributed by atoms with van der Waals surface area (Å²) in [5.41, 5.74) is 12.0. The number of hydrogen-bond donors (Lipinski definition) is 4. The van der Waals surface area contributed by atoms with Crippen molar-refractivity contribution in [2.45, 2.75) is 12.7 Å². The van der Waals surface area contributed by atoms with E-state index in [0.29, 0.717) is 5.56 Å². The zero-order valence-electron chi connectivity index (χ0n) is 16.9. The molecule has 0 aliphatic carbocycles. The molecule has 0 saturated carbocycles. The van der Waals surface area contributed by atoms with E-state index >= 15 is 0 Å². The number of amidine groups is 1. The topological polar surface area (TPSA) is 141 Å². The van der Waals surface area contributed by atoms with Crippen LogP contribution in [0.3, 0.4) is 0 Å². The third kappa shape index (κ3) is 6.90. The van der Waals surface area contributed by atoms with Crippen LogP contribution in [-0.2, 0) is 12.7 Å². The summed E-state index contributed by atoms with van der Waals surface area (Å²) < 4.78 is 50.1. The van der Waals surface area contributed by atoms with Crippen molar-refractivity contribution in [2.75, 3.05) is 5.32 Å². The molecule has 0 saturated heterocycles. The van der Waals surface area contributed by atoms with Gasteiger partial charge in [-0.2, -0.15) is 13.2 Å². The van der Waals surface area contributed by atoms with Crippen molar-refractivity contribution in [3.63, 3.8) is 0 Å². The van der Waals surface area contributed by atoms with Gasteiger partial charge in [0.2, 0.25) is 0 Å². The van der Waals surface area contributed by atoms with Gasteiger partial charge in [-0.25, -0.2) is 9.92 Å². The average Bonchev–Trinajstić information content (AvgIpc) is 2.79. The van der Waals surface area contributed by atoms with Crippen LogP contribution in [0.25, 0.3) is 0 Å². The number of benzene rings is 3. The minimum absolute atomic E-state index is 0.0147. The SMILES string of the molecule is N=NC(=N)c1cc([N+](=O)[O-])ccc1Nc1ccc(C(F)(F)F)cc1.NCc1ccccc1F. The molecule has 3 aromatic rings. The van der Waals surface area contributed by atoms with Crippen LogP contribution in [0, 0.1) is 26.9 Å². The molecule has 0 aromatic heterocycles. The van der Waals surface area contributed by atoms with Crippen LogP contribution in [0.15, 0.2) is 71.8 Å². The van der Waals surface area contributed by atoms with Gasteiger partial charge in [0.05, 0.1) is 21.7 Å². The number of rotatable bonds is 5. The standard InChI is InChI=1S/C14H10F3N5O2.C7H8FN/c15-14(16,17)8-1-3-9(4-2-8)20-12-6-5-10(22(23)24)7-11(12)13(18)21-19;8-7-4-2-1-3-6(7)5-9/h1-7,18-20H;1-4H,5,9H2. The Morgan fingerprint density at radius 2 is 1.73 bits per heavy atom. The van der Waals surface area contributed by atoms with Gasteiger partial charge < -0.3 is 11.1 Å². The molecule has 5 N–H and O–H groups in total. The van der Waals surface area contributed by atoms with Crippen molar-refractivity contribution in [3.8, 4) is 0 Å². The van der Waals surface area contributed by atoms with Gasteiger partial charge in [0, 0.05) is 29.9 Å². The lowest BCUT2D eigenvalue weighted by Crippen LogP contribution is -2.05. The number of nitrogens with two attached hydrogens (primary N) is 1. The summed E-state index contributed by atoms with van der Waals surface area (Å²) in [7, 11) is 0. The zero-order chi connectivity index (χ0) is 24.6. The summed E-state index contributed by atoms with van der Waals surface area (Å²) in [6.07, 6.45) is -4.46. The normalized spacial score (nSPS) is 10.6. The maximum Gasteiger partial charge on any atom is 0.416 e. The predicted octanol–water partition coefficient (Wildman–Crippen LogP) is 6.00. The minimum Gasteiger partial charge on any atom is -0.355 e. The highest BCUT2D eigenvalue weighted by Crippen LogP contribution is 2.31. The second-order valence-electron chi connectivity index (χ2n) is 6.44. The number of nitro benzene ring substituents is 1. The molecular weight excluding hydrogens is 444 g/mol. The Morgan fingerprint density at radius 3 is 2.21 bits per heavy atom. The van der Waals surface area contributed by atoms with E-state index in [1.54, 1.807) is 18.2 Å². The second-order valence-corrected chi connectivity index (χ2v) is 6.44. The minimum atomic E-state index is -4.46. The first-order valence-electron chi connectivity index (χ1n) is 9.19. The Bertz CT molecular complexity index is 1150. The highest BCUT2D eigenvalue weighted by atomic mass is 19.4. The van der Waals surface area contributed by atoms with Gasteiger partial charge >= 0.3 is 6.18 Å². The van der Waals surface area contributed by atoms with Crippen LogP contribution in [0.2, 0.25) is 0 Å². The number of alkyl halides is 3. The lowest BCUT2D eigenvalue weighted by molar-refractivity contribution is -0.384. The van der Waals surface area contributed by atoms with Crippen molar-refractivity contribution in [1.82, 2.24) is 0 Å². The van der Waals surface area contributed by atoms with Gasteiger partial charge in [-0.15, -0.1) is 5.11 Å². The molecule has 8 nitrogen and oxygen atoms in total. The number of nitrogens with one attached hydrogen (secondary N) is 3. The summed E-state index contributed by atoms with van der Waals surface area (Å²) in [5, 5.41) is 24.1. The van der Waals surface area contributed by atoms with Crippen LogP contribution < -0.4 is 11.1 Å². The van der Waals surface area contributed by atoms with Crippen molar-refractivity contribution in [2.24, 2.45) is 10.8 Å². The fourth-order valence-electron chi connectivity index (χ4n) is 2.57. The van der Waals surface area contributed by atoms with Crippen molar-refractivity contribution >= 4 is 22.9 Å². The first kappa shape index (κ1) is 25.1. The van der Waals surface area contributed by atoms with Gasteiger partial charge in [-0.05, 0) is 36.4 Å². The second kappa shape index (κ2) is 10.9. The highest BCUT2D eigenvalue weighted by Gasteiger charge is 2.30. The monoisotopic (exact) mass is 462 g/mol. The fraction of sp³-hybridized carbons (Fsp3) is 0.0952. The fourth-order valence-corrected chi connectivity index (χ4v) is 2.57. The number of nitro groups is 1. The zero-order valence-corrected chi connectivity index (χ0v) is 16.9. The van der Waals surface area contributed by atoms with Crippen LogP contribution in [0.1, 0.15) is 16.7 Å². The molecule has 0 aliphatic heterocycles. The highest BCUT2D eigenvalue weighted by molar-refractivity contribution is 6.02. The van der Waals surface area contributed by atoms with Crippen LogP contribution >= 0.6 is 0 Å². The number of non-ortho nitro benzene ring substituents is 1. The Hall–Kier alpha value is -4.19. The third-order valence-electron chi connectivity index (χ3n) is 4.25. The number of anilines is 2. The molecule has 0 bridgehead atoms. The van der Waals surface area contributed by atoms with E-state index in [4.69, 9.17) is 16.7 Å². The maximum absolute atomic E-state index is 12.5. The van der Waals surface area contributed by atoms with E-state index in [9.17, 15) is 27.7 Å². The van der Waals surface area contributed by atoms with E-state index < -0.39 is 22.5 Å². The quantitative estimate of drug-likeness (QED) is 0.0921. The summed E-state index contributed by atoms with van der Waals surface area (Å²) in [6.45, 7) is 0.271. The van der Waals surface area contributed by atoms with Crippen molar-refractivity contribution in [3.05, 3.63) is 99.4 Å². The largest absolute Gasteiger partial charge is 0.416 e. The first-order chi connectivity index (χ1) is 15.6. The molecule has 0 fully saturated rings. The molecule has 0 amide bonds. The van der Waals surface area contributed by atoms with Gasteiger partial charge in [-0.3, -0.25) is 15.5 Å². The number of halogens is 4. The lowest BCUT2D eigenvalue weighted by Gasteiger charge is -2.12. The van der Waals surface area contributed by atoms with E-state index in [2.05, 4.69) is 10.4 Å². The van der Waals surface area contributed by atoms with Gasteiger partial charge in [-0.1, -0.05) is 18.2 Å². The predicted molar refractivity (Wildman–Crippen MR) is 114 cm³/mol. The summed E-state index contributed by atoms with van der Waals surface area (Å²) in [5.74, 6) is -0.742. The third-order valence-corrected chi connectivity index (χ3v) is 4.25. The molecule has 12 heteroatoms. The molecule has 0 atom stereocenters. The van der Waals surface area contributed by atoms with Crippen molar-refractivity contribution < 1.29 is 22.5 Å². The van der Waals surface area contributed by atoms with E-state index in [1.165, 1.54) is 30.3 Å². The van der Waals surface area contributed by atoms with Crippen LogP contribution in [0.4, 0.5) is 34.6 Å². The van der Waals surface area contributed by atoms with Crippen LogP contribution in [0.5, 0.6) is 0 Å². The van der Waals surface area contributed by atoms with Gasteiger partial charge in [0.15, 0.2) is 5.84 Å². The molecule has 33 heavy (non-hydrogen) atoms. The number of nitrogens with zero attached hydrogens (tertiary/aromatic N) is 2. The maximum atomic E-state index is 12.5. The van der Waals surface area contributed by atoms with E-state index in [1.807, 2.05) is 0 Å². The molecule has 172 valence electrons. The van der Waals surface area contributed by atoms with E-state index in [0.717, 1.165) is 18.2 Å². The molecule has 0 heterocycles. The molecule has 0 aliphatic rings. The average molecular weight is 462 g/mol. The molecule has 3 rings (SSSR count). The summed E-state index contributed by atoms with van der Waals surface area (Å²) in [4.78, 5) is 10.1. The molecule has 0 unspecified atom stereocenters.